The predicted molar refractivity (Wildman–Crippen MR) is 74.7 cm³/mol. The maximum Gasteiger partial charge on any atom is 0.124 e. The van der Waals surface area contributed by atoms with E-state index in [0.29, 0.717) is 6.54 Å². The molecule has 2 rings (SSSR count). The number of halogens is 2. The number of rotatable bonds is 3. The Balaban J connectivity index is 2.29. The molecule has 1 aromatic heterocycles. The topological polar surface area (TPSA) is 27.1 Å². The van der Waals surface area contributed by atoms with Gasteiger partial charge in [-0.15, -0.1) is 0 Å². The van der Waals surface area contributed by atoms with Gasteiger partial charge in [0.15, 0.2) is 0 Å². The van der Waals surface area contributed by atoms with E-state index < -0.39 is 0 Å². The molecule has 0 atom stereocenters. The number of benzene rings is 1. The quantitative estimate of drug-likeness (QED) is 0.749. The van der Waals surface area contributed by atoms with Gasteiger partial charge in [-0.1, -0.05) is 15.9 Å². The van der Waals surface area contributed by atoms with E-state index in [9.17, 15) is 0 Å². The monoisotopic (exact) mass is 392 g/mol. The normalized spacial score (nSPS) is 10.4. The van der Waals surface area contributed by atoms with E-state index >= 15 is 0 Å². The van der Waals surface area contributed by atoms with Crippen LogP contribution < -0.4 is 4.74 Å². The lowest BCUT2D eigenvalue weighted by Gasteiger charge is -2.08. The molecule has 0 fully saturated rings. The van der Waals surface area contributed by atoms with Crippen LogP contribution in [0.5, 0.6) is 5.75 Å². The lowest BCUT2D eigenvalue weighted by Crippen LogP contribution is -2.02. The van der Waals surface area contributed by atoms with Crippen LogP contribution in [0.25, 0.3) is 0 Å². The molecule has 0 spiro atoms. The zero-order valence-corrected chi connectivity index (χ0v) is 12.4. The maximum absolute atomic E-state index is 5.32. The summed E-state index contributed by atoms with van der Waals surface area (Å²) in [5.41, 5.74) is 1.11. The number of nitrogens with zero attached hydrogens (tertiary/aromatic N) is 2. The Morgan fingerprint density at radius 1 is 1.50 bits per heavy atom. The summed E-state index contributed by atoms with van der Waals surface area (Å²) in [5, 5.41) is 4.25. The molecule has 16 heavy (non-hydrogen) atoms. The van der Waals surface area contributed by atoms with Gasteiger partial charge in [-0.25, -0.2) is 0 Å². The van der Waals surface area contributed by atoms with E-state index in [1.165, 1.54) is 0 Å². The largest absolute Gasteiger partial charge is 0.496 e. The molecule has 84 valence electrons. The minimum atomic E-state index is 0.714. The SMILES string of the molecule is COc1ccc(Br)cc1Cn1cc(I)cn1. The van der Waals surface area contributed by atoms with E-state index in [1.54, 1.807) is 7.11 Å². The molecule has 2 aromatic rings. The van der Waals surface area contributed by atoms with Crippen molar-refractivity contribution in [1.29, 1.82) is 0 Å². The van der Waals surface area contributed by atoms with Crippen molar-refractivity contribution in [1.82, 2.24) is 9.78 Å². The van der Waals surface area contributed by atoms with E-state index in [1.807, 2.05) is 35.3 Å². The van der Waals surface area contributed by atoms with Crippen molar-refractivity contribution in [2.24, 2.45) is 0 Å². The summed E-state index contributed by atoms with van der Waals surface area (Å²) < 4.78 is 9.39. The maximum atomic E-state index is 5.32. The molecule has 0 aliphatic heterocycles. The molecule has 0 amide bonds. The van der Waals surface area contributed by atoms with Crippen LogP contribution in [0.15, 0.2) is 35.1 Å². The fraction of sp³-hybridized carbons (Fsp3) is 0.182. The smallest absolute Gasteiger partial charge is 0.124 e. The number of methoxy groups -OCH3 is 1. The minimum Gasteiger partial charge on any atom is -0.496 e. The third kappa shape index (κ3) is 2.76. The Labute approximate surface area is 116 Å². The Hall–Kier alpha value is -0.560. The summed E-state index contributed by atoms with van der Waals surface area (Å²) in [6, 6.07) is 5.97. The molecule has 3 nitrogen and oxygen atoms in total. The van der Waals surface area contributed by atoms with Gasteiger partial charge in [0.25, 0.3) is 0 Å². The van der Waals surface area contributed by atoms with Gasteiger partial charge in [0, 0.05) is 16.2 Å². The summed E-state index contributed by atoms with van der Waals surface area (Å²) in [4.78, 5) is 0. The van der Waals surface area contributed by atoms with Crippen LogP contribution in [0.3, 0.4) is 0 Å². The lowest BCUT2D eigenvalue weighted by molar-refractivity contribution is 0.407. The molecule has 0 N–H and O–H groups in total. The van der Waals surface area contributed by atoms with Crippen LogP contribution in [-0.4, -0.2) is 16.9 Å². The Morgan fingerprint density at radius 2 is 2.31 bits per heavy atom. The van der Waals surface area contributed by atoms with Crippen LogP contribution >= 0.6 is 38.5 Å². The van der Waals surface area contributed by atoms with Gasteiger partial charge in [-0.3, -0.25) is 4.68 Å². The Bertz CT molecular complexity index is 498. The second kappa shape index (κ2) is 5.18. The lowest BCUT2D eigenvalue weighted by atomic mass is 10.2. The highest BCUT2D eigenvalue weighted by molar-refractivity contribution is 14.1. The first-order chi connectivity index (χ1) is 7.69. The van der Waals surface area contributed by atoms with Crippen LogP contribution in [0.1, 0.15) is 5.56 Å². The highest BCUT2D eigenvalue weighted by atomic mass is 127. The van der Waals surface area contributed by atoms with Gasteiger partial charge < -0.3 is 4.74 Å². The number of hydrogen-bond donors (Lipinski definition) is 0. The fourth-order valence-corrected chi connectivity index (χ4v) is 2.32. The van der Waals surface area contributed by atoms with Crippen LogP contribution in [0.4, 0.5) is 0 Å². The van der Waals surface area contributed by atoms with Crippen LogP contribution in [0, 0.1) is 3.57 Å². The fourth-order valence-electron chi connectivity index (χ4n) is 1.47. The molecule has 0 aliphatic carbocycles. The summed E-state index contributed by atoms with van der Waals surface area (Å²) in [7, 11) is 1.68. The number of hydrogen-bond acceptors (Lipinski definition) is 2. The summed E-state index contributed by atoms with van der Waals surface area (Å²) in [5.74, 6) is 0.883. The highest BCUT2D eigenvalue weighted by Crippen LogP contribution is 2.23. The average Bonchev–Trinajstić information content (AvgIpc) is 2.64. The molecule has 0 saturated carbocycles. The molecular formula is C11H10BrIN2O. The van der Waals surface area contributed by atoms with Gasteiger partial charge in [-0.05, 0) is 40.8 Å². The first kappa shape index (κ1) is 11.9. The minimum absolute atomic E-state index is 0.714. The molecule has 0 radical (unpaired) electrons. The zero-order valence-electron chi connectivity index (χ0n) is 8.65. The van der Waals surface area contributed by atoms with Gasteiger partial charge in [0.05, 0.1) is 23.4 Å². The van der Waals surface area contributed by atoms with Gasteiger partial charge in [-0.2, -0.15) is 5.10 Å². The third-order valence-corrected chi connectivity index (χ3v) is 3.23. The third-order valence-electron chi connectivity index (χ3n) is 2.18. The first-order valence-electron chi connectivity index (χ1n) is 4.69. The van der Waals surface area contributed by atoms with E-state index in [4.69, 9.17) is 4.74 Å². The van der Waals surface area contributed by atoms with Crippen molar-refractivity contribution in [3.8, 4) is 5.75 Å². The molecule has 0 unspecified atom stereocenters. The number of ether oxygens (including phenoxy) is 1. The van der Waals surface area contributed by atoms with E-state index in [2.05, 4.69) is 43.6 Å². The van der Waals surface area contributed by atoms with Crippen molar-refractivity contribution >= 4 is 38.5 Å². The van der Waals surface area contributed by atoms with Crippen molar-refractivity contribution in [2.45, 2.75) is 6.54 Å². The van der Waals surface area contributed by atoms with E-state index in [0.717, 1.165) is 19.4 Å². The summed E-state index contributed by atoms with van der Waals surface area (Å²) in [6.45, 7) is 0.714. The van der Waals surface area contributed by atoms with E-state index in [-0.39, 0.29) is 0 Å². The zero-order chi connectivity index (χ0) is 11.5. The van der Waals surface area contributed by atoms with Gasteiger partial charge >= 0.3 is 0 Å². The van der Waals surface area contributed by atoms with Gasteiger partial charge in [0.2, 0.25) is 0 Å². The molecule has 0 saturated heterocycles. The molecule has 0 aliphatic rings. The van der Waals surface area contributed by atoms with Crippen LogP contribution in [-0.2, 0) is 6.54 Å². The molecule has 1 aromatic carbocycles. The first-order valence-corrected chi connectivity index (χ1v) is 6.56. The standard InChI is InChI=1S/C11H10BrIN2O/c1-16-11-3-2-9(12)4-8(11)6-15-7-10(13)5-14-15/h2-5,7H,6H2,1H3. The Kier molecular flexibility index (Phi) is 3.86. The van der Waals surface area contributed by atoms with Gasteiger partial charge in [0.1, 0.15) is 5.75 Å². The number of aromatic nitrogens is 2. The molecule has 5 heteroatoms. The molecule has 1 heterocycles. The summed E-state index contributed by atoms with van der Waals surface area (Å²) in [6.07, 6.45) is 3.84. The molecule has 0 bridgehead atoms. The van der Waals surface area contributed by atoms with Crippen molar-refractivity contribution in [2.75, 3.05) is 7.11 Å². The summed E-state index contributed by atoms with van der Waals surface area (Å²) >= 11 is 5.70. The van der Waals surface area contributed by atoms with Crippen molar-refractivity contribution in [3.63, 3.8) is 0 Å². The highest BCUT2D eigenvalue weighted by Gasteiger charge is 2.05. The second-order valence-corrected chi connectivity index (χ2v) is 5.47. The second-order valence-electron chi connectivity index (χ2n) is 3.31. The van der Waals surface area contributed by atoms with Crippen LogP contribution in [0.2, 0.25) is 0 Å². The average molecular weight is 393 g/mol. The predicted octanol–water partition coefficient (Wildman–Crippen LogP) is 3.31. The Morgan fingerprint density at radius 3 is 2.94 bits per heavy atom. The molecular weight excluding hydrogens is 383 g/mol. The van der Waals surface area contributed by atoms with Crippen molar-refractivity contribution < 1.29 is 4.74 Å². The van der Waals surface area contributed by atoms with Crippen molar-refractivity contribution in [3.05, 3.63) is 44.2 Å².